The summed E-state index contributed by atoms with van der Waals surface area (Å²) in [6.07, 6.45) is 0.276. The molecule has 1 aromatic rings. The van der Waals surface area contributed by atoms with Crippen molar-refractivity contribution in [2.75, 3.05) is 13.1 Å². The number of hydrogen-bond donors (Lipinski definition) is 2. The molecule has 2 N–H and O–H groups in total. The van der Waals surface area contributed by atoms with Crippen LogP contribution in [0.1, 0.15) is 29.4 Å². The fourth-order valence-electron chi connectivity index (χ4n) is 1.31. The fourth-order valence-corrected chi connectivity index (χ4v) is 2.01. The second-order valence-electron chi connectivity index (χ2n) is 3.63. The Bertz CT molecular complexity index is 415. The summed E-state index contributed by atoms with van der Waals surface area (Å²) in [5.41, 5.74) is 0. The van der Waals surface area contributed by atoms with E-state index < -0.39 is 0 Å². The van der Waals surface area contributed by atoms with Crippen molar-refractivity contribution in [2.45, 2.75) is 19.8 Å². The van der Waals surface area contributed by atoms with Gasteiger partial charge >= 0.3 is 0 Å². The second-order valence-corrected chi connectivity index (χ2v) is 4.58. The van der Waals surface area contributed by atoms with Crippen LogP contribution >= 0.6 is 11.3 Å². The topological polar surface area (TPSA) is 75.3 Å². The van der Waals surface area contributed by atoms with E-state index in [1.54, 1.807) is 19.1 Å². The van der Waals surface area contributed by atoms with Gasteiger partial charge in [-0.3, -0.25) is 14.4 Å². The van der Waals surface area contributed by atoms with Crippen molar-refractivity contribution < 1.29 is 14.4 Å². The van der Waals surface area contributed by atoms with E-state index in [9.17, 15) is 14.4 Å². The number of carbonyl (C=O) groups excluding carboxylic acids is 3. The molecule has 1 heterocycles. The highest BCUT2D eigenvalue weighted by Gasteiger charge is 2.10. The molecule has 0 aliphatic rings. The summed E-state index contributed by atoms with van der Waals surface area (Å²) in [7, 11) is 0. The van der Waals surface area contributed by atoms with E-state index in [1.807, 2.05) is 5.38 Å². The summed E-state index contributed by atoms with van der Waals surface area (Å²) in [5, 5.41) is 6.86. The molecule has 1 rings (SSSR count). The summed E-state index contributed by atoms with van der Waals surface area (Å²) in [6, 6.07) is 3.53. The molecular weight excluding hydrogens is 252 g/mol. The summed E-state index contributed by atoms with van der Waals surface area (Å²) in [6.45, 7) is 2.30. The number of carbonyl (C=O) groups is 3. The number of nitrogens with one attached hydrogen (secondary N) is 2. The second kappa shape index (κ2) is 7.60. The minimum Gasteiger partial charge on any atom is -0.355 e. The van der Waals surface area contributed by atoms with Crippen molar-refractivity contribution in [3.8, 4) is 0 Å². The SMILES string of the molecule is CCNC(=O)CNC(=O)CCC(=O)c1cccs1. The zero-order chi connectivity index (χ0) is 13.4. The first-order valence-corrected chi connectivity index (χ1v) is 6.61. The van der Waals surface area contributed by atoms with Crippen LogP contribution in [0.2, 0.25) is 0 Å². The number of amides is 2. The summed E-state index contributed by atoms with van der Waals surface area (Å²) < 4.78 is 0. The smallest absolute Gasteiger partial charge is 0.239 e. The molecule has 0 unspecified atom stereocenters. The molecule has 0 spiro atoms. The first-order chi connectivity index (χ1) is 8.63. The quantitative estimate of drug-likeness (QED) is 0.723. The minimum atomic E-state index is -0.286. The zero-order valence-electron chi connectivity index (χ0n) is 10.2. The summed E-state index contributed by atoms with van der Waals surface area (Å²) >= 11 is 1.36. The van der Waals surface area contributed by atoms with Crippen molar-refractivity contribution in [1.82, 2.24) is 10.6 Å². The van der Waals surface area contributed by atoms with Crippen molar-refractivity contribution in [1.29, 1.82) is 0 Å². The van der Waals surface area contributed by atoms with Crippen LogP contribution in [0.5, 0.6) is 0 Å². The molecule has 0 saturated heterocycles. The van der Waals surface area contributed by atoms with Crippen LogP contribution in [0, 0.1) is 0 Å². The standard InChI is InChI=1S/C12H16N2O3S/c1-2-13-12(17)8-14-11(16)6-5-9(15)10-4-3-7-18-10/h3-4,7H,2,5-6,8H2,1H3,(H,13,17)(H,14,16). The molecule has 0 saturated carbocycles. The Morgan fingerprint density at radius 1 is 1.17 bits per heavy atom. The number of rotatable bonds is 7. The van der Waals surface area contributed by atoms with Gasteiger partial charge in [-0.25, -0.2) is 0 Å². The van der Waals surface area contributed by atoms with Gasteiger partial charge in [0.2, 0.25) is 11.8 Å². The van der Waals surface area contributed by atoms with E-state index in [1.165, 1.54) is 11.3 Å². The molecule has 0 aliphatic heterocycles. The molecule has 0 atom stereocenters. The van der Waals surface area contributed by atoms with Crippen molar-refractivity contribution in [3.05, 3.63) is 22.4 Å². The number of ketones is 1. The Morgan fingerprint density at radius 3 is 2.56 bits per heavy atom. The van der Waals surface area contributed by atoms with Crippen LogP contribution in [-0.2, 0) is 9.59 Å². The normalized spacial score (nSPS) is 9.83. The predicted molar refractivity (Wildman–Crippen MR) is 69.6 cm³/mol. The molecule has 18 heavy (non-hydrogen) atoms. The third kappa shape index (κ3) is 5.09. The van der Waals surface area contributed by atoms with Crippen LogP contribution < -0.4 is 10.6 Å². The van der Waals surface area contributed by atoms with E-state index in [2.05, 4.69) is 10.6 Å². The van der Waals surface area contributed by atoms with Gasteiger partial charge in [-0.1, -0.05) is 6.07 Å². The number of hydrogen-bond acceptors (Lipinski definition) is 4. The molecule has 0 radical (unpaired) electrons. The molecule has 0 aromatic carbocycles. The van der Waals surface area contributed by atoms with Crippen molar-refractivity contribution >= 4 is 28.9 Å². The lowest BCUT2D eigenvalue weighted by Gasteiger charge is -2.04. The van der Waals surface area contributed by atoms with Crippen LogP contribution in [0.15, 0.2) is 17.5 Å². The third-order valence-electron chi connectivity index (χ3n) is 2.20. The highest BCUT2D eigenvalue weighted by molar-refractivity contribution is 7.12. The van der Waals surface area contributed by atoms with Crippen LogP contribution in [0.4, 0.5) is 0 Å². The minimum absolute atomic E-state index is 0.0418. The molecule has 1 aromatic heterocycles. The Hall–Kier alpha value is -1.69. The predicted octanol–water partition coefficient (Wildman–Crippen LogP) is 0.963. The summed E-state index contributed by atoms with van der Waals surface area (Å²) in [4.78, 5) is 34.7. The molecule has 98 valence electrons. The largest absolute Gasteiger partial charge is 0.355 e. The summed E-state index contributed by atoms with van der Waals surface area (Å²) in [5.74, 6) is -0.556. The van der Waals surface area contributed by atoms with Gasteiger partial charge in [0, 0.05) is 19.4 Å². The lowest BCUT2D eigenvalue weighted by molar-refractivity contribution is -0.126. The Morgan fingerprint density at radius 2 is 1.94 bits per heavy atom. The monoisotopic (exact) mass is 268 g/mol. The van der Waals surface area contributed by atoms with Crippen LogP contribution in [-0.4, -0.2) is 30.7 Å². The van der Waals surface area contributed by atoms with Crippen LogP contribution in [0.25, 0.3) is 0 Å². The molecule has 5 nitrogen and oxygen atoms in total. The average Bonchev–Trinajstić information content (AvgIpc) is 2.87. The van der Waals surface area contributed by atoms with E-state index in [-0.39, 0.29) is 37.0 Å². The van der Waals surface area contributed by atoms with Gasteiger partial charge in [0.15, 0.2) is 5.78 Å². The highest BCUT2D eigenvalue weighted by Crippen LogP contribution is 2.11. The number of Topliss-reactive ketones (excluding diaryl/α,β-unsaturated/α-hetero) is 1. The maximum absolute atomic E-state index is 11.6. The van der Waals surface area contributed by atoms with E-state index >= 15 is 0 Å². The Labute approximate surface area is 110 Å². The Balaban J connectivity index is 2.21. The van der Waals surface area contributed by atoms with Gasteiger partial charge in [-0.15, -0.1) is 11.3 Å². The molecule has 0 bridgehead atoms. The Kier molecular flexibility index (Phi) is 6.07. The van der Waals surface area contributed by atoms with Crippen molar-refractivity contribution in [3.63, 3.8) is 0 Å². The van der Waals surface area contributed by atoms with Gasteiger partial charge in [0.1, 0.15) is 0 Å². The van der Waals surface area contributed by atoms with Crippen LogP contribution in [0.3, 0.4) is 0 Å². The fraction of sp³-hybridized carbons (Fsp3) is 0.417. The molecule has 6 heteroatoms. The van der Waals surface area contributed by atoms with Gasteiger partial charge in [-0.2, -0.15) is 0 Å². The number of likely N-dealkylation sites (N-methyl/N-ethyl adjacent to an activating group) is 1. The first-order valence-electron chi connectivity index (χ1n) is 5.73. The lowest BCUT2D eigenvalue weighted by Crippen LogP contribution is -2.36. The average molecular weight is 268 g/mol. The number of thiophene rings is 1. The maximum atomic E-state index is 11.6. The van der Waals surface area contributed by atoms with Gasteiger partial charge in [0.05, 0.1) is 11.4 Å². The molecular formula is C12H16N2O3S. The lowest BCUT2D eigenvalue weighted by atomic mass is 10.2. The van der Waals surface area contributed by atoms with Gasteiger partial charge in [-0.05, 0) is 18.4 Å². The molecule has 0 aliphatic carbocycles. The van der Waals surface area contributed by atoms with Gasteiger partial charge in [0.25, 0.3) is 0 Å². The van der Waals surface area contributed by atoms with E-state index in [0.29, 0.717) is 11.4 Å². The van der Waals surface area contributed by atoms with E-state index in [4.69, 9.17) is 0 Å². The maximum Gasteiger partial charge on any atom is 0.239 e. The van der Waals surface area contributed by atoms with E-state index in [0.717, 1.165) is 0 Å². The van der Waals surface area contributed by atoms with Gasteiger partial charge < -0.3 is 10.6 Å². The molecule has 2 amide bonds. The van der Waals surface area contributed by atoms with Crippen molar-refractivity contribution in [2.24, 2.45) is 0 Å². The third-order valence-corrected chi connectivity index (χ3v) is 3.11. The molecule has 0 fully saturated rings. The first kappa shape index (κ1) is 14.4. The highest BCUT2D eigenvalue weighted by atomic mass is 32.1. The zero-order valence-corrected chi connectivity index (χ0v) is 11.0.